The molecule has 0 radical (unpaired) electrons. The zero-order chi connectivity index (χ0) is 14.5. The molecule has 1 heterocycles. The molecule has 20 heavy (non-hydrogen) atoms. The third-order valence-electron chi connectivity index (χ3n) is 4.76. The number of unbranched alkanes of at least 4 members (excludes halogenated alkanes) is 1. The Bertz CT molecular complexity index is 279. The molecule has 1 aliphatic heterocycles. The van der Waals surface area contributed by atoms with E-state index in [1.165, 1.54) is 38.5 Å². The van der Waals surface area contributed by atoms with Gasteiger partial charge < -0.3 is 25.2 Å². The molecule has 1 saturated carbocycles. The molecule has 1 aliphatic carbocycles. The van der Waals surface area contributed by atoms with Crippen molar-refractivity contribution in [3.8, 4) is 0 Å². The predicted molar refractivity (Wildman–Crippen MR) is 73.9 cm³/mol. The molecule has 0 aromatic carbocycles. The van der Waals surface area contributed by atoms with Crippen LogP contribution in [0.15, 0.2) is 0 Å². The second-order valence-electron chi connectivity index (χ2n) is 6.33. The summed E-state index contributed by atoms with van der Waals surface area (Å²) in [7, 11) is 0. The van der Waals surface area contributed by atoms with Crippen molar-refractivity contribution in [2.24, 2.45) is 5.92 Å². The zero-order valence-corrected chi connectivity index (χ0v) is 12.0. The third-order valence-corrected chi connectivity index (χ3v) is 4.76. The first-order valence-corrected chi connectivity index (χ1v) is 7.97. The van der Waals surface area contributed by atoms with E-state index in [-0.39, 0.29) is 0 Å². The number of aliphatic hydroxyl groups excluding tert-OH is 4. The average molecular weight is 288 g/mol. The zero-order valence-electron chi connectivity index (χ0n) is 12.0. The highest BCUT2D eigenvalue weighted by Gasteiger charge is 2.42. The van der Waals surface area contributed by atoms with Crippen molar-refractivity contribution >= 4 is 0 Å². The van der Waals surface area contributed by atoms with Gasteiger partial charge in [0.2, 0.25) is 0 Å². The molecule has 0 unspecified atom stereocenters. The van der Waals surface area contributed by atoms with Crippen LogP contribution in [0.5, 0.6) is 0 Å². The lowest BCUT2D eigenvalue weighted by molar-refractivity contribution is -0.282. The molecule has 0 aromatic heterocycles. The lowest BCUT2D eigenvalue weighted by Crippen LogP contribution is -2.57. The summed E-state index contributed by atoms with van der Waals surface area (Å²) in [5, 5.41) is 38.3. The van der Waals surface area contributed by atoms with Crippen LogP contribution in [0.4, 0.5) is 0 Å². The van der Waals surface area contributed by atoms with Crippen LogP contribution in [0.25, 0.3) is 0 Å². The van der Waals surface area contributed by atoms with E-state index in [4.69, 9.17) is 4.74 Å². The van der Waals surface area contributed by atoms with Crippen molar-refractivity contribution in [3.63, 3.8) is 0 Å². The molecule has 2 rings (SSSR count). The van der Waals surface area contributed by atoms with Crippen molar-refractivity contribution in [1.82, 2.24) is 0 Å². The normalized spacial score (nSPS) is 39.9. The molecule has 5 atom stereocenters. The Morgan fingerprint density at radius 1 is 0.750 bits per heavy atom. The van der Waals surface area contributed by atoms with E-state index in [1.807, 2.05) is 0 Å². The number of hydrogen-bond acceptors (Lipinski definition) is 5. The molecular weight excluding hydrogens is 260 g/mol. The van der Waals surface area contributed by atoms with Gasteiger partial charge >= 0.3 is 0 Å². The summed E-state index contributed by atoms with van der Waals surface area (Å²) < 4.78 is 5.17. The van der Waals surface area contributed by atoms with Crippen LogP contribution in [0.2, 0.25) is 0 Å². The summed E-state index contributed by atoms with van der Waals surface area (Å²) in [5.41, 5.74) is 0. The van der Waals surface area contributed by atoms with E-state index in [0.717, 1.165) is 18.8 Å². The molecule has 0 amide bonds. The SMILES string of the molecule is O[C@@H]1[C@@H](O)[C@@H](O)O[C@H](CCCCC2CCCCC2)[C@@H]1O. The smallest absolute Gasteiger partial charge is 0.183 e. The number of rotatable bonds is 5. The molecule has 4 N–H and O–H groups in total. The fourth-order valence-electron chi connectivity index (χ4n) is 3.42. The van der Waals surface area contributed by atoms with Gasteiger partial charge in [-0.3, -0.25) is 0 Å². The van der Waals surface area contributed by atoms with Crippen LogP contribution in [0, 0.1) is 5.92 Å². The van der Waals surface area contributed by atoms with Crippen LogP contribution >= 0.6 is 0 Å². The van der Waals surface area contributed by atoms with E-state index >= 15 is 0 Å². The second-order valence-corrected chi connectivity index (χ2v) is 6.33. The van der Waals surface area contributed by atoms with Crippen LogP contribution in [0.3, 0.4) is 0 Å². The number of aliphatic hydroxyl groups is 4. The van der Waals surface area contributed by atoms with Gasteiger partial charge in [0.05, 0.1) is 6.10 Å². The topological polar surface area (TPSA) is 90.2 Å². The van der Waals surface area contributed by atoms with Gasteiger partial charge in [0.25, 0.3) is 0 Å². The highest BCUT2D eigenvalue weighted by atomic mass is 16.6. The van der Waals surface area contributed by atoms with Crippen LogP contribution in [0.1, 0.15) is 57.8 Å². The maximum atomic E-state index is 9.83. The molecule has 5 heteroatoms. The molecule has 5 nitrogen and oxygen atoms in total. The summed E-state index contributed by atoms with van der Waals surface area (Å²) in [6, 6.07) is 0. The lowest BCUT2D eigenvalue weighted by Gasteiger charge is -2.38. The summed E-state index contributed by atoms with van der Waals surface area (Å²) in [5.74, 6) is 0.846. The molecule has 118 valence electrons. The van der Waals surface area contributed by atoms with Crippen LogP contribution in [-0.4, -0.2) is 51.1 Å². The molecule has 1 saturated heterocycles. The second kappa shape index (κ2) is 7.71. The molecule has 0 spiro atoms. The molecule has 0 bridgehead atoms. The van der Waals surface area contributed by atoms with E-state index < -0.39 is 30.7 Å². The van der Waals surface area contributed by atoms with Crippen molar-refractivity contribution in [2.75, 3.05) is 0 Å². The third kappa shape index (κ3) is 4.15. The summed E-state index contributed by atoms with van der Waals surface area (Å²) >= 11 is 0. The Hall–Kier alpha value is -0.200. The quantitative estimate of drug-likeness (QED) is 0.565. The van der Waals surface area contributed by atoms with Crippen molar-refractivity contribution < 1.29 is 25.2 Å². The average Bonchev–Trinajstić information content (AvgIpc) is 2.47. The van der Waals surface area contributed by atoms with E-state index in [2.05, 4.69) is 0 Å². The first-order valence-electron chi connectivity index (χ1n) is 7.97. The largest absolute Gasteiger partial charge is 0.388 e. The van der Waals surface area contributed by atoms with Gasteiger partial charge in [-0.25, -0.2) is 0 Å². The van der Waals surface area contributed by atoms with Gasteiger partial charge in [-0.05, 0) is 12.3 Å². The van der Waals surface area contributed by atoms with Crippen molar-refractivity contribution in [3.05, 3.63) is 0 Å². The summed E-state index contributed by atoms with van der Waals surface area (Å²) in [6.07, 6.45) is 4.71. The van der Waals surface area contributed by atoms with Gasteiger partial charge in [0, 0.05) is 0 Å². The summed E-state index contributed by atoms with van der Waals surface area (Å²) in [6.45, 7) is 0. The molecule has 2 fully saturated rings. The Kier molecular flexibility index (Phi) is 6.23. The number of ether oxygens (including phenoxy) is 1. The summed E-state index contributed by atoms with van der Waals surface area (Å²) in [4.78, 5) is 0. The van der Waals surface area contributed by atoms with E-state index in [9.17, 15) is 20.4 Å². The Labute approximate surface area is 120 Å². The highest BCUT2D eigenvalue weighted by molar-refractivity contribution is 4.88. The van der Waals surface area contributed by atoms with Gasteiger partial charge in [-0.1, -0.05) is 51.4 Å². The van der Waals surface area contributed by atoms with Gasteiger partial charge in [-0.15, -0.1) is 0 Å². The maximum absolute atomic E-state index is 9.83. The standard InChI is InChI=1S/C15H28O5/c16-12-11(20-15(19)14(18)13(12)17)9-5-4-8-10-6-2-1-3-7-10/h10-19H,1-9H2/t11-,12+,13+,14-,15+/m1/s1. The van der Waals surface area contributed by atoms with Crippen LogP contribution in [-0.2, 0) is 4.74 Å². The van der Waals surface area contributed by atoms with E-state index in [1.54, 1.807) is 0 Å². The van der Waals surface area contributed by atoms with E-state index in [0.29, 0.717) is 6.42 Å². The number of hydrogen-bond donors (Lipinski definition) is 4. The Morgan fingerprint density at radius 2 is 1.40 bits per heavy atom. The van der Waals surface area contributed by atoms with Gasteiger partial charge in [0.1, 0.15) is 18.3 Å². The van der Waals surface area contributed by atoms with Gasteiger partial charge in [-0.2, -0.15) is 0 Å². The highest BCUT2D eigenvalue weighted by Crippen LogP contribution is 2.29. The molecule has 2 aliphatic rings. The minimum absolute atomic E-state index is 0.588. The fraction of sp³-hybridized carbons (Fsp3) is 1.00. The van der Waals surface area contributed by atoms with Crippen molar-refractivity contribution in [1.29, 1.82) is 0 Å². The monoisotopic (exact) mass is 288 g/mol. The van der Waals surface area contributed by atoms with Gasteiger partial charge in [0.15, 0.2) is 6.29 Å². The Balaban J connectivity index is 1.65. The van der Waals surface area contributed by atoms with Crippen LogP contribution < -0.4 is 0 Å². The minimum Gasteiger partial charge on any atom is -0.388 e. The Morgan fingerprint density at radius 3 is 2.10 bits per heavy atom. The predicted octanol–water partition coefficient (Wildman–Crippen LogP) is 0.927. The minimum atomic E-state index is -1.43. The van der Waals surface area contributed by atoms with Crippen molar-refractivity contribution in [2.45, 2.75) is 88.5 Å². The molecular formula is C15H28O5. The first-order chi connectivity index (χ1) is 9.59. The lowest BCUT2D eigenvalue weighted by atomic mass is 9.85. The molecule has 0 aromatic rings. The fourth-order valence-corrected chi connectivity index (χ4v) is 3.42. The maximum Gasteiger partial charge on any atom is 0.183 e. The first kappa shape index (κ1) is 16.2.